The molecular weight excluding hydrogens is 510 g/mol. The van der Waals surface area contributed by atoms with Crippen LogP contribution in [0.1, 0.15) is 0 Å². The van der Waals surface area contributed by atoms with Crippen molar-refractivity contribution in [3.8, 4) is 0 Å². The molecule has 27 N–H and O–H groups in total. The number of hydrogen-bond acceptors (Lipinski definition) is 12. The summed E-state index contributed by atoms with van der Waals surface area (Å²) in [6.07, 6.45) is 0. The molecule has 0 saturated heterocycles. The second-order valence-electron chi connectivity index (χ2n) is 1.29. The van der Waals surface area contributed by atoms with Crippen LogP contribution in [0, 0.1) is 0 Å². The van der Waals surface area contributed by atoms with E-state index >= 15 is 0 Å². The maximum Gasteiger partial charge on any atom is 1.00 e. The van der Waals surface area contributed by atoms with Crippen molar-refractivity contribution in [1.82, 2.24) is 0 Å². The third-order valence-electron chi connectivity index (χ3n) is 0. The summed E-state index contributed by atoms with van der Waals surface area (Å²) in [6, 6.07) is 0. The molecule has 0 fully saturated rings. The van der Waals surface area contributed by atoms with Gasteiger partial charge in [0.25, 0.3) is 0 Å². The van der Waals surface area contributed by atoms with Gasteiger partial charge in [-0.15, -0.1) is 0 Å². The third-order valence-corrected chi connectivity index (χ3v) is 0. The van der Waals surface area contributed by atoms with Crippen molar-refractivity contribution in [2.75, 3.05) is 0 Å². The molecule has 0 saturated carbocycles. The largest absolute Gasteiger partial charge is 1.00 e. The quantitative estimate of drug-likeness (QED) is 0.142. The Balaban J connectivity index is -0.00000000314. The average molecular weight is 537 g/mol. The Bertz CT molecular complexity index is 78.9. The van der Waals surface area contributed by atoms with Crippen molar-refractivity contribution in [2.24, 2.45) is 0 Å². The van der Waals surface area contributed by atoms with Crippen molar-refractivity contribution in [2.45, 2.75) is 0 Å². The van der Waals surface area contributed by atoms with E-state index in [0.717, 1.165) is 0 Å². The molecule has 0 radical (unpaired) electrons. The molecule has 0 spiro atoms. The molecule has 0 aliphatic rings. The van der Waals surface area contributed by atoms with E-state index in [0.29, 0.717) is 0 Å². The van der Waals surface area contributed by atoms with Crippen molar-refractivity contribution in [3.05, 3.63) is 0 Å². The molecule has 0 bridgehead atoms. The minimum absolute atomic E-state index is 0. The summed E-state index contributed by atoms with van der Waals surface area (Å²) >= 11 is 0. The minimum atomic E-state index is -2.92. The SMILES string of the molecule is O.O.O.O.O.O.O.O.O.O.OB(O)O.OB(O)O.[Na+].[Na+].[Na+].[Na+].[Na+].[O-]B([O-])O.[O-]B([O-])[O-]. The van der Waals surface area contributed by atoms with Gasteiger partial charge in [-0.3, -0.25) is 7.32 Å². The predicted molar refractivity (Wildman–Crippen MR) is 74.7 cm³/mol. The first kappa shape index (κ1) is 156. The third kappa shape index (κ3) is 1880. The first-order valence-electron chi connectivity index (χ1n) is 2.99. The van der Waals surface area contributed by atoms with Gasteiger partial charge in [-0.25, -0.2) is 0 Å². The standard InChI is InChI=1S/2BH3O3.BHO3.BO3.5Na.10H2O/c4*2-1(3)4;;;;;;;;;;;;;;;/h2*2-4H;2H;;;;;;;10*1H2/q;;-2;-3;5*+1;;;;;;;;;;. The second-order valence-corrected chi connectivity index (χ2v) is 1.29. The van der Waals surface area contributed by atoms with Crippen LogP contribution < -0.4 is 173 Å². The van der Waals surface area contributed by atoms with Gasteiger partial charge in [0.05, 0.1) is 7.32 Å². The molecule has 0 aliphatic heterocycles. The van der Waals surface area contributed by atoms with Gasteiger partial charge in [-0.05, 0) is 0 Å². The van der Waals surface area contributed by atoms with Crippen LogP contribution in [0.15, 0.2) is 0 Å². The van der Waals surface area contributed by atoms with E-state index in [1.807, 2.05) is 0 Å². The summed E-state index contributed by atoms with van der Waals surface area (Å²) < 4.78 is 0. The van der Waals surface area contributed by atoms with Gasteiger partial charge in [0.15, 0.2) is 0 Å². The molecule has 0 amide bonds. The Morgan fingerprint density at radius 1 is 0.323 bits per heavy atom. The maximum atomic E-state index is 8.53. The van der Waals surface area contributed by atoms with Gasteiger partial charge in [0, 0.05) is 0 Å². The van der Waals surface area contributed by atoms with Crippen LogP contribution in [-0.2, 0) is 0 Å². The van der Waals surface area contributed by atoms with Crippen LogP contribution in [0.4, 0.5) is 0 Å². The van der Waals surface area contributed by atoms with Crippen LogP contribution in [0.5, 0.6) is 0 Å². The minimum Gasteiger partial charge on any atom is -0.907 e. The molecular formula is H27B4Na5O22. The molecule has 0 aromatic rings. The van der Waals surface area contributed by atoms with Crippen molar-refractivity contribution in [3.63, 3.8) is 0 Å². The van der Waals surface area contributed by atoms with Gasteiger partial charge < -0.3 is 115 Å². The summed E-state index contributed by atoms with van der Waals surface area (Å²) in [7, 11) is -9.92. The number of rotatable bonds is 0. The zero-order valence-electron chi connectivity index (χ0n) is 17.5. The van der Waals surface area contributed by atoms with E-state index in [-0.39, 0.29) is 203 Å². The molecule has 0 aromatic heterocycles. The molecule has 0 unspecified atom stereocenters. The van der Waals surface area contributed by atoms with Crippen LogP contribution in [0.3, 0.4) is 0 Å². The molecule has 0 atom stereocenters. The van der Waals surface area contributed by atoms with Gasteiger partial charge in [-0.2, -0.15) is 0 Å². The summed E-state index contributed by atoms with van der Waals surface area (Å²) in [4.78, 5) is 0. The molecule has 31 heteroatoms. The van der Waals surface area contributed by atoms with Crippen LogP contribution in [0.2, 0.25) is 0 Å². The van der Waals surface area contributed by atoms with Crippen molar-refractivity contribution in [1.29, 1.82) is 0 Å². The van der Waals surface area contributed by atoms with Gasteiger partial charge in [0.2, 0.25) is 0 Å². The topological polar surface area (TPSA) is 572 Å². The molecule has 0 aromatic carbocycles. The Hall–Kier alpha value is 4.38. The Labute approximate surface area is 288 Å². The maximum absolute atomic E-state index is 8.53. The summed E-state index contributed by atoms with van der Waals surface area (Å²) in [5.74, 6) is 0. The van der Waals surface area contributed by atoms with E-state index in [1.54, 1.807) is 0 Å². The monoisotopic (exact) mass is 538 g/mol. The Morgan fingerprint density at radius 3 is 0.323 bits per heavy atom. The molecule has 176 valence electrons. The predicted octanol–water partition coefficient (Wildman–Crippen LogP) is -34.6. The van der Waals surface area contributed by atoms with Crippen LogP contribution in [0.25, 0.3) is 0 Å². The smallest absolute Gasteiger partial charge is 0.907 e. The average Bonchev–Trinajstić information content (AvgIpc) is 1.76. The molecule has 31 heavy (non-hydrogen) atoms. The van der Waals surface area contributed by atoms with Gasteiger partial charge in [-0.1, -0.05) is 0 Å². The fourth-order valence-corrected chi connectivity index (χ4v) is 0. The molecule has 0 aliphatic carbocycles. The normalized spacial score (nSPS) is 3.48. The summed E-state index contributed by atoms with van der Waals surface area (Å²) in [5.41, 5.74) is 0. The fourth-order valence-electron chi connectivity index (χ4n) is 0. The zero-order valence-corrected chi connectivity index (χ0v) is 27.5. The van der Waals surface area contributed by atoms with E-state index in [9.17, 15) is 0 Å². The van der Waals surface area contributed by atoms with Gasteiger partial charge in [0.1, 0.15) is 0 Å². The van der Waals surface area contributed by atoms with Crippen molar-refractivity contribution < 1.29 is 263 Å². The van der Waals surface area contributed by atoms with Crippen molar-refractivity contribution >= 4 is 29.3 Å². The van der Waals surface area contributed by atoms with Gasteiger partial charge >= 0.3 is 162 Å². The van der Waals surface area contributed by atoms with E-state index in [2.05, 4.69) is 0 Å². The van der Waals surface area contributed by atoms with Crippen LogP contribution in [-0.4, -0.2) is 119 Å². The first-order chi connectivity index (χ1) is 6.93. The summed E-state index contributed by atoms with van der Waals surface area (Å²) in [6.45, 7) is 0. The number of hydrogen-bond donors (Lipinski definition) is 7. The van der Waals surface area contributed by atoms with E-state index in [4.69, 9.17) is 60.3 Å². The second kappa shape index (κ2) is 143. The summed E-state index contributed by atoms with van der Waals surface area (Å²) in [5, 5.41) is 92.3. The van der Waals surface area contributed by atoms with E-state index in [1.165, 1.54) is 0 Å². The molecule has 22 nitrogen and oxygen atoms in total. The molecule has 0 heterocycles. The zero-order chi connectivity index (χ0) is 14.3. The Morgan fingerprint density at radius 2 is 0.323 bits per heavy atom. The first-order valence-corrected chi connectivity index (χ1v) is 2.99. The molecule has 0 rings (SSSR count). The van der Waals surface area contributed by atoms with Crippen LogP contribution >= 0.6 is 0 Å². The van der Waals surface area contributed by atoms with E-state index < -0.39 is 29.3 Å². The Kier molecular flexibility index (Phi) is 718. The fraction of sp³-hybridized carbons (Fsp3) is 0.